The zero-order valence-corrected chi connectivity index (χ0v) is 11.2. The quantitative estimate of drug-likeness (QED) is 0.651. The molecule has 0 aliphatic rings. The molecule has 0 aliphatic carbocycles. The molecule has 1 aromatic carbocycles. The third kappa shape index (κ3) is 4.98. The first-order chi connectivity index (χ1) is 9.06. The molecule has 0 unspecified atom stereocenters. The number of aliphatic carboxylic acids is 1. The highest BCUT2D eigenvalue weighted by Gasteiger charge is 2.29. The topological polar surface area (TPSA) is 78.8 Å². The summed E-state index contributed by atoms with van der Waals surface area (Å²) >= 11 is 0. The fraction of sp³-hybridized carbons (Fsp3) is 0.500. The van der Waals surface area contributed by atoms with Gasteiger partial charge in [-0.15, -0.1) is 0 Å². The van der Waals surface area contributed by atoms with Gasteiger partial charge >= 0.3 is 5.97 Å². The third-order valence-corrected chi connectivity index (χ3v) is 2.99. The molecule has 0 saturated heterocycles. The summed E-state index contributed by atoms with van der Waals surface area (Å²) in [5.41, 5.74) is 1.05. The lowest BCUT2D eigenvalue weighted by Gasteiger charge is -2.24. The van der Waals surface area contributed by atoms with Gasteiger partial charge in [0.2, 0.25) is 0 Å². The van der Waals surface area contributed by atoms with Crippen molar-refractivity contribution in [1.29, 1.82) is 0 Å². The van der Waals surface area contributed by atoms with E-state index in [1.54, 1.807) is 6.92 Å². The number of aliphatic hydroxyl groups excluding tert-OH is 1. The summed E-state index contributed by atoms with van der Waals surface area (Å²) in [6.45, 7) is 2.53. The van der Waals surface area contributed by atoms with Gasteiger partial charge in [-0.1, -0.05) is 37.3 Å². The van der Waals surface area contributed by atoms with Crippen molar-refractivity contribution in [3.05, 3.63) is 35.9 Å². The average molecular weight is 267 g/mol. The molecule has 0 aliphatic heterocycles. The van der Waals surface area contributed by atoms with Gasteiger partial charge in [0.25, 0.3) is 0 Å². The van der Waals surface area contributed by atoms with Crippen LogP contribution in [-0.2, 0) is 16.1 Å². The maximum absolute atomic E-state index is 10.9. The van der Waals surface area contributed by atoms with E-state index in [1.165, 1.54) is 7.05 Å². The number of carbonyl (C=O) groups is 1. The Kier molecular flexibility index (Phi) is 6.49. The number of carboxylic acid groups (broad SMARTS) is 1. The molecule has 3 atom stereocenters. The molecule has 0 fully saturated rings. The maximum atomic E-state index is 10.9. The van der Waals surface area contributed by atoms with Crippen molar-refractivity contribution >= 4 is 5.97 Å². The highest BCUT2D eigenvalue weighted by Crippen LogP contribution is 2.10. The summed E-state index contributed by atoms with van der Waals surface area (Å²) in [5, 5.41) is 21.4. The maximum Gasteiger partial charge on any atom is 0.323 e. The van der Waals surface area contributed by atoms with Crippen LogP contribution in [0.5, 0.6) is 0 Å². The van der Waals surface area contributed by atoms with Crippen LogP contribution in [0.25, 0.3) is 0 Å². The summed E-state index contributed by atoms with van der Waals surface area (Å²) in [5.74, 6) is -1.33. The molecule has 3 N–H and O–H groups in total. The fourth-order valence-electron chi connectivity index (χ4n) is 1.80. The van der Waals surface area contributed by atoms with Crippen molar-refractivity contribution in [3.8, 4) is 0 Å². The van der Waals surface area contributed by atoms with Crippen LogP contribution in [0.15, 0.2) is 30.3 Å². The molecule has 0 bridgehead atoms. The monoisotopic (exact) mass is 267 g/mol. The summed E-state index contributed by atoms with van der Waals surface area (Å²) < 4.78 is 5.50. The number of ether oxygens (including phenoxy) is 1. The summed E-state index contributed by atoms with van der Waals surface area (Å²) in [4.78, 5) is 10.9. The number of nitrogens with one attached hydrogen (secondary N) is 1. The van der Waals surface area contributed by atoms with Gasteiger partial charge in [-0.2, -0.15) is 0 Å². The number of carboxylic acids is 1. The Balaban J connectivity index is 2.38. The number of benzene rings is 1. The number of aliphatic hydroxyl groups is 1. The van der Waals surface area contributed by atoms with Gasteiger partial charge in [0, 0.05) is 5.92 Å². The van der Waals surface area contributed by atoms with Gasteiger partial charge in [-0.25, -0.2) is 0 Å². The average Bonchev–Trinajstić information content (AvgIpc) is 2.40. The largest absolute Gasteiger partial charge is 0.480 e. The number of hydrogen-bond acceptors (Lipinski definition) is 4. The molecule has 1 aromatic rings. The molecule has 106 valence electrons. The van der Waals surface area contributed by atoms with Gasteiger partial charge in [0.1, 0.15) is 6.04 Å². The van der Waals surface area contributed by atoms with Crippen molar-refractivity contribution < 1.29 is 19.7 Å². The minimum Gasteiger partial charge on any atom is -0.480 e. The second-order valence-corrected chi connectivity index (χ2v) is 4.57. The lowest BCUT2D eigenvalue weighted by Crippen LogP contribution is -2.48. The zero-order chi connectivity index (χ0) is 14.3. The van der Waals surface area contributed by atoms with Crippen LogP contribution < -0.4 is 5.32 Å². The van der Waals surface area contributed by atoms with Crippen molar-refractivity contribution in [2.45, 2.75) is 25.7 Å². The minimum atomic E-state index is -1.06. The Hall–Kier alpha value is -1.43. The highest BCUT2D eigenvalue weighted by atomic mass is 16.5. The first kappa shape index (κ1) is 15.6. The van der Waals surface area contributed by atoms with E-state index in [0.29, 0.717) is 13.2 Å². The second-order valence-electron chi connectivity index (χ2n) is 4.57. The number of likely N-dealkylation sites (N-methyl/N-ethyl adjacent to an activating group) is 1. The van der Waals surface area contributed by atoms with Crippen molar-refractivity contribution in [3.63, 3.8) is 0 Å². The zero-order valence-electron chi connectivity index (χ0n) is 11.2. The second kappa shape index (κ2) is 7.89. The fourth-order valence-corrected chi connectivity index (χ4v) is 1.80. The summed E-state index contributed by atoms with van der Waals surface area (Å²) in [6.07, 6.45) is -0.988. The third-order valence-electron chi connectivity index (χ3n) is 2.99. The van der Waals surface area contributed by atoms with E-state index >= 15 is 0 Å². The molecule has 0 spiro atoms. The molecular formula is C14H21NO4. The number of hydrogen-bond donors (Lipinski definition) is 3. The number of rotatable bonds is 8. The van der Waals surface area contributed by atoms with E-state index in [1.807, 2.05) is 30.3 Å². The Labute approximate surface area is 113 Å². The van der Waals surface area contributed by atoms with Crippen LogP contribution in [-0.4, -0.2) is 42.0 Å². The first-order valence-electron chi connectivity index (χ1n) is 6.26. The van der Waals surface area contributed by atoms with Crippen LogP contribution >= 0.6 is 0 Å². The molecular weight excluding hydrogens is 246 g/mol. The van der Waals surface area contributed by atoms with Crippen LogP contribution in [0.1, 0.15) is 12.5 Å². The molecule has 0 heterocycles. The predicted octanol–water partition coefficient (Wildman–Crippen LogP) is 0.873. The Morgan fingerprint density at radius 1 is 1.37 bits per heavy atom. The van der Waals surface area contributed by atoms with E-state index in [9.17, 15) is 9.90 Å². The van der Waals surface area contributed by atoms with Crippen LogP contribution in [0.4, 0.5) is 0 Å². The summed E-state index contributed by atoms with van der Waals surface area (Å²) in [7, 11) is 1.51. The van der Waals surface area contributed by atoms with Gasteiger partial charge < -0.3 is 20.3 Å². The standard InChI is InChI=1S/C14H21NO4/c1-10(13(16)12(15-2)14(17)18)8-19-9-11-6-4-3-5-7-11/h3-7,10,12-13,15-16H,8-9H2,1-2H3,(H,17,18)/t10-,12+,13-/m1/s1. The molecule has 5 nitrogen and oxygen atoms in total. The summed E-state index contributed by atoms with van der Waals surface area (Å²) in [6, 6.07) is 8.72. The molecule has 19 heavy (non-hydrogen) atoms. The first-order valence-corrected chi connectivity index (χ1v) is 6.26. The Morgan fingerprint density at radius 3 is 2.53 bits per heavy atom. The lowest BCUT2D eigenvalue weighted by atomic mass is 9.99. The smallest absolute Gasteiger partial charge is 0.323 e. The Bertz CT molecular complexity index is 382. The molecule has 0 aromatic heterocycles. The minimum absolute atomic E-state index is 0.266. The van der Waals surface area contributed by atoms with Gasteiger partial charge in [-0.3, -0.25) is 4.79 Å². The van der Waals surface area contributed by atoms with Crippen molar-refractivity contribution in [2.75, 3.05) is 13.7 Å². The van der Waals surface area contributed by atoms with Gasteiger partial charge in [0.05, 0.1) is 19.3 Å². The van der Waals surface area contributed by atoms with E-state index in [4.69, 9.17) is 9.84 Å². The van der Waals surface area contributed by atoms with Crippen LogP contribution in [0.3, 0.4) is 0 Å². The molecule has 0 radical (unpaired) electrons. The Morgan fingerprint density at radius 2 is 2.00 bits per heavy atom. The normalized spacial score (nSPS) is 15.7. The molecule has 5 heteroatoms. The van der Waals surface area contributed by atoms with Crippen molar-refractivity contribution in [1.82, 2.24) is 5.32 Å². The SMILES string of the molecule is CN[C@H](C(=O)O)[C@H](O)[C@H](C)COCc1ccccc1. The van der Waals surface area contributed by atoms with Gasteiger partial charge in [-0.05, 0) is 12.6 Å². The van der Waals surface area contributed by atoms with E-state index < -0.39 is 18.1 Å². The van der Waals surface area contributed by atoms with E-state index in [2.05, 4.69) is 5.32 Å². The van der Waals surface area contributed by atoms with Crippen LogP contribution in [0.2, 0.25) is 0 Å². The van der Waals surface area contributed by atoms with Gasteiger partial charge in [0.15, 0.2) is 0 Å². The van der Waals surface area contributed by atoms with E-state index in [-0.39, 0.29) is 5.92 Å². The molecule has 1 rings (SSSR count). The van der Waals surface area contributed by atoms with E-state index in [0.717, 1.165) is 5.56 Å². The predicted molar refractivity (Wildman–Crippen MR) is 71.8 cm³/mol. The van der Waals surface area contributed by atoms with Crippen molar-refractivity contribution in [2.24, 2.45) is 5.92 Å². The lowest BCUT2D eigenvalue weighted by molar-refractivity contribution is -0.143. The highest BCUT2D eigenvalue weighted by molar-refractivity contribution is 5.74. The molecule has 0 amide bonds. The van der Waals surface area contributed by atoms with Crippen LogP contribution in [0, 0.1) is 5.92 Å². The molecule has 0 saturated carbocycles.